The Bertz CT molecular complexity index is 470. The van der Waals surface area contributed by atoms with E-state index in [0.29, 0.717) is 11.1 Å². The van der Waals surface area contributed by atoms with Gasteiger partial charge in [-0.2, -0.15) is 5.26 Å². The Morgan fingerprint density at radius 1 is 1.37 bits per heavy atom. The standard InChI is InChI=1S/C15H18FNO2/c1-18-13-3-2-4-14(8-13)19-10-12-6-5-11(9-17)7-15(12)16/h5-7,13-14H,2-4,8,10H2,1H3. The van der Waals surface area contributed by atoms with Crippen LogP contribution >= 0.6 is 0 Å². The maximum Gasteiger partial charge on any atom is 0.130 e. The Morgan fingerprint density at radius 2 is 2.16 bits per heavy atom. The van der Waals surface area contributed by atoms with Crippen LogP contribution in [0.1, 0.15) is 36.8 Å². The highest BCUT2D eigenvalue weighted by Gasteiger charge is 2.22. The molecule has 2 unspecified atom stereocenters. The lowest BCUT2D eigenvalue weighted by Gasteiger charge is -2.28. The van der Waals surface area contributed by atoms with Crippen molar-refractivity contribution in [1.82, 2.24) is 0 Å². The second kappa shape index (κ2) is 6.65. The fraction of sp³-hybridized carbons (Fsp3) is 0.533. The molecule has 1 fully saturated rings. The van der Waals surface area contributed by atoms with Gasteiger partial charge in [-0.25, -0.2) is 4.39 Å². The first-order valence-corrected chi connectivity index (χ1v) is 6.56. The minimum atomic E-state index is -0.377. The van der Waals surface area contributed by atoms with Gasteiger partial charge in [0.1, 0.15) is 5.82 Å². The zero-order valence-corrected chi connectivity index (χ0v) is 11.1. The molecule has 0 radical (unpaired) electrons. The van der Waals surface area contributed by atoms with E-state index in [0.717, 1.165) is 25.7 Å². The monoisotopic (exact) mass is 263 g/mol. The molecule has 0 aromatic heterocycles. The van der Waals surface area contributed by atoms with Crippen molar-refractivity contribution in [2.75, 3.05) is 7.11 Å². The van der Waals surface area contributed by atoms with Crippen molar-refractivity contribution in [2.45, 2.75) is 44.5 Å². The zero-order chi connectivity index (χ0) is 13.7. The van der Waals surface area contributed by atoms with Crippen molar-refractivity contribution >= 4 is 0 Å². The van der Waals surface area contributed by atoms with Crippen molar-refractivity contribution in [3.05, 3.63) is 35.1 Å². The third-order valence-electron chi connectivity index (χ3n) is 3.57. The average molecular weight is 263 g/mol. The molecule has 1 aliphatic carbocycles. The summed E-state index contributed by atoms with van der Waals surface area (Å²) in [6.07, 6.45) is 4.41. The fourth-order valence-corrected chi connectivity index (χ4v) is 2.41. The van der Waals surface area contributed by atoms with Gasteiger partial charge in [0, 0.05) is 12.7 Å². The molecule has 1 aromatic rings. The van der Waals surface area contributed by atoms with Crippen LogP contribution in [-0.4, -0.2) is 19.3 Å². The van der Waals surface area contributed by atoms with E-state index in [-0.39, 0.29) is 24.6 Å². The van der Waals surface area contributed by atoms with Gasteiger partial charge in [0.15, 0.2) is 0 Å². The molecule has 2 atom stereocenters. The number of benzene rings is 1. The molecule has 4 heteroatoms. The van der Waals surface area contributed by atoms with Gasteiger partial charge >= 0.3 is 0 Å². The molecule has 0 aliphatic heterocycles. The molecule has 2 rings (SSSR count). The van der Waals surface area contributed by atoms with Crippen molar-refractivity contribution in [3.63, 3.8) is 0 Å². The van der Waals surface area contributed by atoms with Crippen molar-refractivity contribution in [3.8, 4) is 6.07 Å². The van der Waals surface area contributed by atoms with Gasteiger partial charge in [0.05, 0.1) is 30.4 Å². The largest absolute Gasteiger partial charge is 0.381 e. The van der Waals surface area contributed by atoms with E-state index in [4.69, 9.17) is 14.7 Å². The third kappa shape index (κ3) is 3.76. The minimum absolute atomic E-state index is 0.133. The molecule has 0 amide bonds. The lowest BCUT2D eigenvalue weighted by atomic mass is 9.95. The van der Waals surface area contributed by atoms with Crippen LogP contribution in [0.3, 0.4) is 0 Å². The lowest BCUT2D eigenvalue weighted by Crippen LogP contribution is -2.27. The molecule has 102 valence electrons. The van der Waals surface area contributed by atoms with Gasteiger partial charge in [-0.1, -0.05) is 6.07 Å². The van der Waals surface area contributed by atoms with Crippen LogP contribution in [0.5, 0.6) is 0 Å². The second-order valence-corrected chi connectivity index (χ2v) is 4.88. The number of nitriles is 1. The summed E-state index contributed by atoms with van der Waals surface area (Å²) in [7, 11) is 1.72. The van der Waals surface area contributed by atoms with E-state index >= 15 is 0 Å². The van der Waals surface area contributed by atoms with Crippen LogP contribution in [0.2, 0.25) is 0 Å². The molecule has 1 saturated carbocycles. The second-order valence-electron chi connectivity index (χ2n) is 4.88. The summed E-state index contributed by atoms with van der Waals surface area (Å²) in [6.45, 7) is 0.249. The summed E-state index contributed by atoms with van der Waals surface area (Å²) < 4.78 is 24.8. The predicted octanol–water partition coefficient (Wildman–Crippen LogP) is 3.17. The van der Waals surface area contributed by atoms with Gasteiger partial charge in [-0.3, -0.25) is 0 Å². The fourth-order valence-electron chi connectivity index (χ4n) is 2.41. The van der Waals surface area contributed by atoms with Crippen LogP contribution < -0.4 is 0 Å². The molecular weight excluding hydrogens is 245 g/mol. The number of methoxy groups -OCH3 is 1. The molecule has 1 aliphatic rings. The van der Waals surface area contributed by atoms with E-state index < -0.39 is 0 Å². The highest BCUT2D eigenvalue weighted by molar-refractivity contribution is 5.32. The topological polar surface area (TPSA) is 42.2 Å². The lowest BCUT2D eigenvalue weighted by molar-refractivity contribution is -0.0369. The molecule has 19 heavy (non-hydrogen) atoms. The highest BCUT2D eigenvalue weighted by atomic mass is 19.1. The van der Waals surface area contributed by atoms with Crippen LogP contribution in [0.4, 0.5) is 4.39 Å². The number of hydrogen-bond donors (Lipinski definition) is 0. The Hall–Kier alpha value is -1.44. The average Bonchev–Trinajstić information content (AvgIpc) is 2.46. The van der Waals surface area contributed by atoms with Crippen LogP contribution in [0.15, 0.2) is 18.2 Å². The minimum Gasteiger partial charge on any atom is -0.381 e. The van der Waals surface area contributed by atoms with E-state index in [1.165, 1.54) is 6.07 Å². The van der Waals surface area contributed by atoms with Gasteiger partial charge in [0.2, 0.25) is 0 Å². The SMILES string of the molecule is COC1CCCC(OCc2ccc(C#N)cc2F)C1. The van der Waals surface area contributed by atoms with Gasteiger partial charge in [0.25, 0.3) is 0 Å². The zero-order valence-electron chi connectivity index (χ0n) is 11.1. The molecule has 0 N–H and O–H groups in total. The van der Waals surface area contributed by atoms with Gasteiger partial charge in [-0.15, -0.1) is 0 Å². The summed E-state index contributed by atoms with van der Waals surface area (Å²) in [5.41, 5.74) is 0.830. The molecule has 0 heterocycles. The number of ether oxygens (including phenoxy) is 2. The molecule has 0 bridgehead atoms. The summed E-state index contributed by atoms with van der Waals surface area (Å²) in [4.78, 5) is 0. The van der Waals surface area contributed by atoms with E-state index in [1.54, 1.807) is 19.2 Å². The summed E-state index contributed by atoms with van der Waals surface area (Å²) in [6, 6.07) is 6.39. The number of nitrogens with zero attached hydrogens (tertiary/aromatic N) is 1. The Kier molecular flexibility index (Phi) is 4.89. The predicted molar refractivity (Wildman–Crippen MR) is 69.0 cm³/mol. The maximum atomic E-state index is 13.7. The maximum absolute atomic E-state index is 13.7. The smallest absolute Gasteiger partial charge is 0.130 e. The number of halogens is 1. The normalized spacial score (nSPS) is 23.0. The Labute approximate surface area is 112 Å². The Morgan fingerprint density at radius 3 is 2.84 bits per heavy atom. The Balaban J connectivity index is 1.90. The van der Waals surface area contributed by atoms with Crippen LogP contribution in [-0.2, 0) is 16.1 Å². The van der Waals surface area contributed by atoms with Gasteiger partial charge in [-0.05, 0) is 37.8 Å². The van der Waals surface area contributed by atoms with Crippen LogP contribution in [0.25, 0.3) is 0 Å². The summed E-state index contributed by atoms with van der Waals surface area (Å²) >= 11 is 0. The van der Waals surface area contributed by atoms with Gasteiger partial charge < -0.3 is 9.47 Å². The molecular formula is C15H18FNO2. The summed E-state index contributed by atoms with van der Waals surface area (Å²) in [5, 5.41) is 8.68. The highest BCUT2D eigenvalue weighted by Crippen LogP contribution is 2.24. The number of rotatable bonds is 4. The van der Waals surface area contributed by atoms with Crippen molar-refractivity contribution in [2.24, 2.45) is 0 Å². The first-order valence-electron chi connectivity index (χ1n) is 6.56. The first kappa shape index (κ1) is 14.0. The third-order valence-corrected chi connectivity index (χ3v) is 3.57. The van der Waals surface area contributed by atoms with Crippen molar-refractivity contribution < 1.29 is 13.9 Å². The summed E-state index contributed by atoms with van der Waals surface area (Å²) in [5.74, 6) is -0.377. The molecule has 0 spiro atoms. The van der Waals surface area contributed by atoms with Crippen molar-refractivity contribution in [1.29, 1.82) is 5.26 Å². The quantitative estimate of drug-likeness (QED) is 0.838. The van der Waals surface area contributed by atoms with Crippen LogP contribution in [0, 0.1) is 17.1 Å². The van der Waals surface area contributed by atoms with E-state index in [9.17, 15) is 4.39 Å². The number of hydrogen-bond acceptors (Lipinski definition) is 3. The molecule has 1 aromatic carbocycles. The first-order chi connectivity index (χ1) is 9.22. The molecule has 3 nitrogen and oxygen atoms in total. The van der Waals surface area contributed by atoms with E-state index in [1.807, 2.05) is 6.07 Å². The van der Waals surface area contributed by atoms with E-state index in [2.05, 4.69) is 0 Å². The molecule has 0 saturated heterocycles.